The van der Waals surface area contributed by atoms with Crippen LogP contribution in [0.2, 0.25) is 0 Å². The second-order valence-electron chi connectivity index (χ2n) is 4.39. The van der Waals surface area contributed by atoms with Crippen LogP contribution >= 0.6 is 0 Å². The molecule has 1 saturated heterocycles. The lowest BCUT2D eigenvalue weighted by atomic mass is 10.1. The van der Waals surface area contributed by atoms with Crippen molar-refractivity contribution in [3.63, 3.8) is 0 Å². The summed E-state index contributed by atoms with van der Waals surface area (Å²) in [4.78, 5) is 6.84. The molecule has 0 aromatic carbocycles. The summed E-state index contributed by atoms with van der Waals surface area (Å²) in [6.45, 7) is 4.48. The van der Waals surface area contributed by atoms with Crippen LogP contribution in [-0.4, -0.2) is 31.2 Å². The minimum atomic E-state index is 0.597. The van der Waals surface area contributed by atoms with Crippen LogP contribution in [0.15, 0.2) is 24.4 Å². The van der Waals surface area contributed by atoms with Crippen molar-refractivity contribution in [3.8, 4) is 0 Å². The second kappa shape index (κ2) is 4.62. The molecule has 15 heavy (non-hydrogen) atoms. The smallest absolute Gasteiger partial charge is 0.128 e. The molecule has 0 aliphatic carbocycles. The Morgan fingerprint density at radius 3 is 3.07 bits per heavy atom. The number of hydrogen-bond donors (Lipinski definition) is 1. The number of nitrogens with zero attached hydrogens (tertiary/aromatic N) is 2. The normalized spacial score (nSPS) is 25.9. The summed E-state index contributed by atoms with van der Waals surface area (Å²) in [6, 6.07) is 6.72. The van der Waals surface area contributed by atoms with Crippen molar-refractivity contribution in [1.29, 1.82) is 0 Å². The highest BCUT2D eigenvalue weighted by molar-refractivity contribution is 5.40. The van der Waals surface area contributed by atoms with Gasteiger partial charge in [0.05, 0.1) is 0 Å². The summed E-state index contributed by atoms with van der Waals surface area (Å²) < 4.78 is 0. The molecule has 2 rings (SSSR count). The van der Waals surface area contributed by atoms with Crippen LogP contribution in [0.25, 0.3) is 0 Å². The topological polar surface area (TPSA) is 28.2 Å². The van der Waals surface area contributed by atoms with E-state index in [1.807, 2.05) is 19.3 Å². The number of likely N-dealkylation sites (N-methyl/N-ethyl adjacent to an activating group) is 1. The van der Waals surface area contributed by atoms with Crippen molar-refractivity contribution in [3.05, 3.63) is 24.4 Å². The Bertz CT molecular complexity index is 299. The monoisotopic (exact) mass is 205 g/mol. The van der Waals surface area contributed by atoms with Crippen LogP contribution in [-0.2, 0) is 0 Å². The van der Waals surface area contributed by atoms with Crippen molar-refractivity contribution >= 4 is 5.82 Å². The van der Waals surface area contributed by atoms with Gasteiger partial charge in [0.15, 0.2) is 0 Å². The summed E-state index contributed by atoms with van der Waals surface area (Å²) in [5.41, 5.74) is 0. The third-order valence-electron chi connectivity index (χ3n) is 3.01. The molecule has 0 bridgehead atoms. The van der Waals surface area contributed by atoms with Gasteiger partial charge in [-0.3, -0.25) is 0 Å². The van der Waals surface area contributed by atoms with E-state index in [0.29, 0.717) is 6.04 Å². The number of hydrogen-bond acceptors (Lipinski definition) is 3. The minimum absolute atomic E-state index is 0.597. The lowest BCUT2D eigenvalue weighted by molar-refractivity contribution is 0.573. The quantitative estimate of drug-likeness (QED) is 0.811. The number of nitrogens with one attached hydrogen (secondary N) is 1. The number of aromatic nitrogens is 1. The molecule has 1 aliphatic heterocycles. The second-order valence-corrected chi connectivity index (χ2v) is 4.39. The van der Waals surface area contributed by atoms with Gasteiger partial charge in [0, 0.05) is 25.3 Å². The van der Waals surface area contributed by atoms with Crippen molar-refractivity contribution in [1.82, 2.24) is 10.3 Å². The van der Waals surface area contributed by atoms with Gasteiger partial charge in [-0.1, -0.05) is 13.0 Å². The van der Waals surface area contributed by atoms with Crippen LogP contribution in [0.3, 0.4) is 0 Å². The van der Waals surface area contributed by atoms with Gasteiger partial charge in [-0.15, -0.1) is 0 Å². The summed E-state index contributed by atoms with van der Waals surface area (Å²) >= 11 is 0. The average molecular weight is 205 g/mol. The van der Waals surface area contributed by atoms with E-state index < -0.39 is 0 Å². The van der Waals surface area contributed by atoms with E-state index in [4.69, 9.17) is 0 Å². The Kier molecular flexibility index (Phi) is 3.21. The zero-order valence-corrected chi connectivity index (χ0v) is 9.48. The van der Waals surface area contributed by atoms with Gasteiger partial charge in [0.1, 0.15) is 5.82 Å². The maximum absolute atomic E-state index is 4.43. The van der Waals surface area contributed by atoms with Gasteiger partial charge < -0.3 is 10.2 Å². The first-order valence-corrected chi connectivity index (χ1v) is 5.63. The van der Waals surface area contributed by atoms with Crippen LogP contribution in [0.4, 0.5) is 5.82 Å². The zero-order chi connectivity index (χ0) is 10.7. The summed E-state index contributed by atoms with van der Waals surface area (Å²) in [7, 11) is 2.01. The fraction of sp³-hybridized carbons (Fsp3) is 0.583. The van der Waals surface area contributed by atoms with Crippen molar-refractivity contribution in [2.75, 3.05) is 25.0 Å². The Balaban J connectivity index is 2.13. The molecule has 1 aliphatic rings. The van der Waals surface area contributed by atoms with E-state index in [1.54, 1.807) is 0 Å². The molecule has 82 valence electrons. The summed E-state index contributed by atoms with van der Waals surface area (Å²) in [6.07, 6.45) is 3.13. The molecular weight excluding hydrogens is 186 g/mol. The standard InChI is InChI=1S/C12H19N3/c1-10-7-11(8-13-2)15(9-10)12-5-3-4-6-14-12/h3-6,10-11,13H,7-9H2,1-2H3. The van der Waals surface area contributed by atoms with Gasteiger partial charge in [0.25, 0.3) is 0 Å². The van der Waals surface area contributed by atoms with Gasteiger partial charge in [-0.05, 0) is 31.5 Å². The first-order valence-electron chi connectivity index (χ1n) is 5.63. The van der Waals surface area contributed by atoms with Crippen molar-refractivity contribution in [2.45, 2.75) is 19.4 Å². The van der Waals surface area contributed by atoms with E-state index in [2.05, 4.69) is 34.3 Å². The molecule has 2 heterocycles. The van der Waals surface area contributed by atoms with E-state index >= 15 is 0 Å². The van der Waals surface area contributed by atoms with Gasteiger partial charge in [0.2, 0.25) is 0 Å². The highest BCUT2D eigenvalue weighted by atomic mass is 15.2. The lowest BCUT2D eigenvalue weighted by Crippen LogP contribution is -2.37. The van der Waals surface area contributed by atoms with Crippen LogP contribution in [0.5, 0.6) is 0 Å². The molecule has 0 radical (unpaired) electrons. The molecule has 1 aromatic rings. The Labute approximate surface area is 91.5 Å². The predicted octanol–water partition coefficient (Wildman–Crippen LogP) is 1.52. The van der Waals surface area contributed by atoms with Crippen LogP contribution in [0.1, 0.15) is 13.3 Å². The molecule has 1 N–H and O–H groups in total. The molecule has 3 nitrogen and oxygen atoms in total. The highest BCUT2D eigenvalue weighted by Crippen LogP contribution is 2.26. The van der Waals surface area contributed by atoms with E-state index in [-0.39, 0.29) is 0 Å². The van der Waals surface area contributed by atoms with Gasteiger partial charge in [-0.2, -0.15) is 0 Å². The van der Waals surface area contributed by atoms with Gasteiger partial charge >= 0.3 is 0 Å². The van der Waals surface area contributed by atoms with E-state index in [9.17, 15) is 0 Å². The molecule has 0 saturated carbocycles. The van der Waals surface area contributed by atoms with E-state index in [1.165, 1.54) is 6.42 Å². The number of anilines is 1. The minimum Gasteiger partial charge on any atom is -0.352 e. The van der Waals surface area contributed by atoms with Crippen molar-refractivity contribution < 1.29 is 0 Å². The van der Waals surface area contributed by atoms with E-state index in [0.717, 1.165) is 24.8 Å². The van der Waals surface area contributed by atoms with Gasteiger partial charge in [-0.25, -0.2) is 4.98 Å². The first kappa shape index (κ1) is 10.4. The van der Waals surface area contributed by atoms with Crippen LogP contribution in [0, 0.1) is 5.92 Å². The summed E-state index contributed by atoms with van der Waals surface area (Å²) in [5.74, 6) is 1.88. The lowest BCUT2D eigenvalue weighted by Gasteiger charge is -2.25. The van der Waals surface area contributed by atoms with Crippen molar-refractivity contribution in [2.24, 2.45) is 5.92 Å². The molecule has 1 fully saturated rings. The maximum Gasteiger partial charge on any atom is 0.128 e. The molecule has 2 unspecified atom stereocenters. The SMILES string of the molecule is CNCC1CC(C)CN1c1ccccn1. The number of rotatable bonds is 3. The maximum atomic E-state index is 4.43. The predicted molar refractivity (Wildman–Crippen MR) is 63.1 cm³/mol. The zero-order valence-electron chi connectivity index (χ0n) is 9.48. The fourth-order valence-corrected chi connectivity index (χ4v) is 2.38. The Morgan fingerprint density at radius 1 is 1.53 bits per heavy atom. The largest absolute Gasteiger partial charge is 0.352 e. The van der Waals surface area contributed by atoms with Crippen LogP contribution < -0.4 is 10.2 Å². The molecule has 3 heteroatoms. The molecule has 1 aromatic heterocycles. The Morgan fingerprint density at radius 2 is 2.40 bits per heavy atom. The molecule has 2 atom stereocenters. The number of pyridine rings is 1. The third kappa shape index (κ3) is 2.29. The highest BCUT2D eigenvalue weighted by Gasteiger charge is 2.29. The fourth-order valence-electron chi connectivity index (χ4n) is 2.38. The summed E-state index contributed by atoms with van der Waals surface area (Å²) in [5, 5.41) is 3.26. The average Bonchev–Trinajstić information content (AvgIpc) is 2.62. The molecule has 0 amide bonds. The molecule has 0 spiro atoms. The Hall–Kier alpha value is -1.09. The third-order valence-corrected chi connectivity index (χ3v) is 3.01. The molecular formula is C12H19N3. The first-order chi connectivity index (χ1) is 7.31.